The van der Waals surface area contributed by atoms with Gasteiger partial charge < -0.3 is 14.3 Å². The number of fused-ring (bicyclic) bond motifs is 1. The molecule has 0 spiro atoms. The molecule has 1 saturated heterocycles. The van der Waals surface area contributed by atoms with E-state index in [-0.39, 0.29) is 0 Å². The van der Waals surface area contributed by atoms with Gasteiger partial charge in [-0.15, -0.1) is 0 Å². The highest BCUT2D eigenvalue weighted by Gasteiger charge is 2.16. The summed E-state index contributed by atoms with van der Waals surface area (Å²) in [5.74, 6) is 0.897. The highest BCUT2D eigenvalue weighted by Crippen LogP contribution is 2.24. The molecule has 0 radical (unpaired) electrons. The molecule has 1 aromatic carbocycles. The summed E-state index contributed by atoms with van der Waals surface area (Å²) in [6.45, 7) is 5.79. The number of hydrogen-bond acceptors (Lipinski definition) is 5. The molecule has 3 rings (SSSR count). The summed E-state index contributed by atoms with van der Waals surface area (Å²) in [4.78, 5) is 7.82. The first-order chi connectivity index (χ1) is 9.93. The molecular weight excluding hydrogens is 256 g/mol. The van der Waals surface area contributed by atoms with Gasteiger partial charge in [-0.05, 0) is 12.1 Å². The summed E-state index contributed by atoms with van der Waals surface area (Å²) >= 11 is 0. The zero-order chi connectivity index (χ0) is 13.6. The van der Waals surface area contributed by atoms with Crippen LogP contribution in [0.25, 0.3) is 0 Å². The number of hydrogen-bond donors (Lipinski definition) is 0. The van der Waals surface area contributed by atoms with Gasteiger partial charge in [-0.25, -0.2) is 0 Å². The summed E-state index contributed by atoms with van der Waals surface area (Å²) < 4.78 is 10.9. The summed E-state index contributed by atoms with van der Waals surface area (Å²) in [5.41, 5.74) is 2.03. The zero-order valence-electron chi connectivity index (χ0n) is 11.6. The van der Waals surface area contributed by atoms with Crippen LogP contribution in [0.3, 0.4) is 0 Å². The fraction of sp³-hybridized carbons (Fsp3) is 0.533. The predicted octanol–water partition coefficient (Wildman–Crippen LogP) is 1.52. The second kappa shape index (κ2) is 6.72. The first-order valence-corrected chi connectivity index (χ1v) is 7.14. The Kier molecular flexibility index (Phi) is 4.50. The smallest absolute Gasteiger partial charge is 0.129 e. The molecule has 0 saturated carbocycles. The maximum absolute atomic E-state index is 5.60. The van der Waals surface area contributed by atoms with Gasteiger partial charge in [0.2, 0.25) is 0 Å². The first kappa shape index (κ1) is 13.4. The zero-order valence-corrected chi connectivity index (χ0v) is 11.6. The van der Waals surface area contributed by atoms with Crippen LogP contribution < -0.4 is 4.74 Å². The molecule has 5 nitrogen and oxygen atoms in total. The third-order valence-electron chi connectivity index (χ3n) is 3.57. The van der Waals surface area contributed by atoms with Crippen LogP contribution in [0.15, 0.2) is 29.4 Å². The topological polar surface area (TPSA) is 43.3 Å². The minimum atomic E-state index is 0.618. The summed E-state index contributed by atoms with van der Waals surface area (Å²) in [7, 11) is 0. The second-order valence-corrected chi connectivity index (χ2v) is 4.92. The molecular formula is C15H20N2O3. The Morgan fingerprint density at radius 3 is 2.90 bits per heavy atom. The Labute approximate surface area is 119 Å². The van der Waals surface area contributed by atoms with Crippen LogP contribution in [-0.2, 0) is 9.57 Å². The molecule has 0 unspecified atom stereocenters. The van der Waals surface area contributed by atoms with Crippen LogP contribution in [0.2, 0.25) is 0 Å². The van der Waals surface area contributed by atoms with Crippen molar-refractivity contribution in [1.29, 1.82) is 0 Å². The lowest BCUT2D eigenvalue weighted by molar-refractivity contribution is 0.0211. The van der Waals surface area contributed by atoms with Gasteiger partial charge in [0.25, 0.3) is 0 Å². The highest BCUT2D eigenvalue weighted by molar-refractivity contribution is 6.03. The van der Waals surface area contributed by atoms with Crippen molar-refractivity contribution in [3.63, 3.8) is 0 Å². The molecule has 2 aliphatic rings. The van der Waals surface area contributed by atoms with Crippen LogP contribution in [0.4, 0.5) is 0 Å². The third kappa shape index (κ3) is 3.29. The fourth-order valence-corrected chi connectivity index (χ4v) is 2.44. The van der Waals surface area contributed by atoms with E-state index in [9.17, 15) is 0 Å². The van der Waals surface area contributed by atoms with E-state index in [1.807, 2.05) is 24.3 Å². The molecule has 20 heavy (non-hydrogen) atoms. The molecule has 2 heterocycles. The minimum absolute atomic E-state index is 0.618. The Morgan fingerprint density at radius 2 is 2.00 bits per heavy atom. The molecule has 0 aliphatic carbocycles. The summed E-state index contributed by atoms with van der Waals surface area (Å²) in [6, 6.07) is 7.97. The average molecular weight is 276 g/mol. The standard InChI is InChI=1S/C15H20N2O3/c1-2-4-15-13(3-1)14(5-9-19-15)16-20-12-8-17-6-10-18-11-7-17/h1-4H,5-12H2/b16-14-. The summed E-state index contributed by atoms with van der Waals surface area (Å²) in [6.07, 6.45) is 0.800. The van der Waals surface area contributed by atoms with Crippen molar-refractivity contribution in [1.82, 2.24) is 4.90 Å². The largest absolute Gasteiger partial charge is 0.492 e. The normalized spacial score (nSPS) is 21.3. The lowest BCUT2D eigenvalue weighted by Crippen LogP contribution is -2.38. The van der Waals surface area contributed by atoms with E-state index < -0.39 is 0 Å². The fourth-order valence-electron chi connectivity index (χ4n) is 2.44. The maximum Gasteiger partial charge on any atom is 0.129 e. The average Bonchev–Trinajstić information content (AvgIpc) is 2.53. The Bertz CT molecular complexity index is 470. The number of benzene rings is 1. The second-order valence-electron chi connectivity index (χ2n) is 4.92. The molecule has 0 bridgehead atoms. The van der Waals surface area contributed by atoms with Crippen molar-refractivity contribution in [2.75, 3.05) is 46.1 Å². The van der Waals surface area contributed by atoms with E-state index in [4.69, 9.17) is 14.3 Å². The molecule has 1 fully saturated rings. The van der Waals surface area contributed by atoms with Gasteiger partial charge in [0.15, 0.2) is 0 Å². The van der Waals surface area contributed by atoms with E-state index in [2.05, 4.69) is 10.1 Å². The minimum Gasteiger partial charge on any atom is -0.492 e. The predicted molar refractivity (Wildman–Crippen MR) is 76.3 cm³/mol. The van der Waals surface area contributed by atoms with Gasteiger partial charge in [0, 0.05) is 31.6 Å². The Balaban J connectivity index is 1.52. The monoisotopic (exact) mass is 276 g/mol. The number of nitrogens with zero attached hydrogens (tertiary/aromatic N) is 2. The Morgan fingerprint density at radius 1 is 1.15 bits per heavy atom. The van der Waals surface area contributed by atoms with Crippen LogP contribution >= 0.6 is 0 Å². The molecule has 1 aromatic rings. The van der Waals surface area contributed by atoms with Crippen molar-refractivity contribution < 1.29 is 14.3 Å². The quantitative estimate of drug-likeness (QED) is 0.618. The third-order valence-corrected chi connectivity index (χ3v) is 3.57. The lowest BCUT2D eigenvalue weighted by Gasteiger charge is -2.25. The van der Waals surface area contributed by atoms with E-state index in [1.54, 1.807) is 0 Å². The van der Waals surface area contributed by atoms with E-state index >= 15 is 0 Å². The summed E-state index contributed by atoms with van der Waals surface area (Å²) in [5, 5.41) is 4.29. The van der Waals surface area contributed by atoms with Gasteiger partial charge in [0.05, 0.1) is 25.5 Å². The maximum atomic E-state index is 5.60. The highest BCUT2D eigenvalue weighted by atomic mass is 16.6. The number of oxime groups is 1. The van der Waals surface area contributed by atoms with Crippen molar-refractivity contribution in [2.24, 2.45) is 5.16 Å². The van der Waals surface area contributed by atoms with Crippen LogP contribution in [0.5, 0.6) is 5.75 Å². The van der Waals surface area contributed by atoms with Gasteiger partial charge in [-0.3, -0.25) is 4.90 Å². The molecule has 5 heteroatoms. The molecule has 108 valence electrons. The van der Waals surface area contributed by atoms with Gasteiger partial charge in [0.1, 0.15) is 12.4 Å². The van der Waals surface area contributed by atoms with Gasteiger partial charge in [-0.1, -0.05) is 17.3 Å². The molecule has 0 atom stereocenters. The SMILES string of the molecule is c1ccc2c(c1)OCC/C2=N/OCCN1CCOCC1. The lowest BCUT2D eigenvalue weighted by atomic mass is 10.0. The van der Waals surface area contributed by atoms with Crippen molar-refractivity contribution >= 4 is 5.71 Å². The van der Waals surface area contributed by atoms with E-state index in [0.29, 0.717) is 13.2 Å². The van der Waals surface area contributed by atoms with Crippen molar-refractivity contribution in [3.8, 4) is 5.75 Å². The first-order valence-electron chi connectivity index (χ1n) is 7.14. The van der Waals surface area contributed by atoms with Crippen LogP contribution in [0, 0.1) is 0 Å². The molecule has 0 aromatic heterocycles. The van der Waals surface area contributed by atoms with Gasteiger partial charge in [-0.2, -0.15) is 0 Å². The Hall–Kier alpha value is -1.59. The molecule has 0 amide bonds. The van der Waals surface area contributed by atoms with E-state index in [1.165, 1.54) is 0 Å². The number of morpholine rings is 1. The number of rotatable bonds is 4. The van der Waals surface area contributed by atoms with Crippen molar-refractivity contribution in [3.05, 3.63) is 29.8 Å². The number of para-hydroxylation sites is 1. The van der Waals surface area contributed by atoms with Gasteiger partial charge >= 0.3 is 0 Å². The van der Waals surface area contributed by atoms with Crippen molar-refractivity contribution in [2.45, 2.75) is 6.42 Å². The van der Waals surface area contributed by atoms with Crippen LogP contribution in [-0.4, -0.2) is 56.7 Å². The number of ether oxygens (including phenoxy) is 2. The molecule has 0 N–H and O–H groups in total. The van der Waals surface area contributed by atoms with Crippen LogP contribution in [0.1, 0.15) is 12.0 Å². The van der Waals surface area contributed by atoms with E-state index in [0.717, 1.165) is 56.3 Å². The molecule has 2 aliphatic heterocycles.